The number of hydrogen-bond donors (Lipinski definition) is 2. The molecule has 2 rings (SSSR count). The summed E-state index contributed by atoms with van der Waals surface area (Å²) in [6.45, 7) is 0.791. The Bertz CT molecular complexity index is 567. The lowest BCUT2D eigenvalue weighted by atomic mass is 10.2. The van der Waals surface area contributed by atoms with Crippen LogP contribution in [0.4, 0.5) is 10.5 Å². The molecule has 1 heterocycles. The van der Waals surface area contributed by atoms with E-state index >= 15 is 0 Å². The standard InChI is InChI=1S/C16H22N4O3/c1-19(2)13-7-5-12(6-8-13)10-17-14(21)4-3-9-20-15(22)11-18-16(20)23/h5-8H,3-4,9-11H2,1-2H3,(H,17,21)(H,18,23). The van der Waals surface area contributed by atoms with E-state index in [2.05, 4.69) is 10.6 Å². The molecule has 0 aromatic heterocycles. The maximum atomic E-state index is 11.8. The number of rotatable bonds is 7. The maximum absolute atomic E-state index is 11.8. The zero-order valence-corrected chi connectivity index (χ0v) is 13.5. The number of carbonyl (C=O) groups is 3. The number of imide groups is 1. The van der Waals surface area contributed by atoms with Crippen molar-refractivity contribution in [3.63, 3.8) is 0 Å². The van der Waals surface area contributed by atoms with Crippen LogP contribution >= 0.6 is 0 Å². The molecule has 0 unspecified atom stereocenters. The van der Waals surface area contributed by atoms with Crippen LogP contribution in [-0.2, 0) is 16.1 Å². The van der Waals surface area contributed by atoms with E-state index in [-0.39, 0.29) is 37.4 Å². The van der Waals surface area contributed by atoms with Gasteiger partial charge in [0.15, 0.2) is 0 Å². The highest BCUT2D eigenvalue weighted by Gasteiger charge is 2.27. The summed E-state index contributed by atoms with van der Waals surface area (Å²) in [5, 5.41) is 5.29. The Hall–Kier alpha value is -2.57. The average molecular weight is 318 g/mol. The van der Waals surface area contributed by atoms with Crippen LogP contribution in [0.3, 0.4) is 0 Å². The molecule has 2 N–H and O–H groups in total. The summed E-state index contributed by atoms with van der Waals surface area (Å²) in [6.07, 6.45) is 0.747. The monoisotopic (exact) mass is 318 g/mol. The molecule has 1 aromatic carbocycles. The molecular formula is C16H22N4O3. The first-order chi connectivity index (χ1) is 11.0. The fraction of sp³-hybridized carbons (Fsp3) is 0.438. The van der Waals surface area contributed by atoms with E-state index in [0.717, 1.165) is 16.2 Å². The Morgan fingerprint density at radius 1 is 1.26 bits per heavy atom. The van der Waals surface area contributed by atoms with E-state index in [0.29, 0.717) is 13.0 Å². The normalized spacial score (nSPS) is 13.9. The highest BCUT2D eigenvalue weighted by atomic mass is 16.2. The molecule has 7 nitrogen and oxygen atoms in total. The summed E-state index contributed by atoms with van der Waals surface area (Å²) in [4.78, 5) is 37.7. The van der Waals surface area contributed by atoms with Gasteiger partial charge < -0.3 is 15.5 Å². The van der Waals surface area contributed by atoms with Crippen LogP contribution in [0.2, 0.25) is 0 Å². The van der Waals surface area contributed by atoms with E-state index in [1.807, 2.05) is 43.3 Å². The lowest BCUT2D eigenvalue weighted by Gasteiger charge is -2.13. The number of anilines is 1. The van der Waals surface area contributed by atoms with Gasteiger partial charge in [0.25, 0.3) is 0 Å². The van der Waals surface area contributed by atoms with E-state index in [4.69, 9.17) is 0 Å². The van der Waals surface area contributed by atoms with Gasteiger partial charge in [0, 0.05) is 39.3 Å². The molecule has 124 valence electrons. The summed E-state index contributed by atoms with van der Waals surface area (Å²) < 4.78 is 0. The average Bonchev–Trinajstić information content (AvgIpc) is 2.85. The van der Waals surface area contributed by atoms with Gasteiger partial charge in [-0.15, -0.1) is 0 Å². The molecular weight excluding hydrogens is 296 g/mol. The summed E-state index contributed by atoms with van der Waals surface area (Å²) in [7, 11) is 3.95. The number of hydrogen-bond acceptors (Lipinski definition) is 4. The fourth-order valence-corrected chi connectivity index (χ4v) is 2.28. The van der Waals surface area contributed by atoms with E-state index in [9.17, 15) is 14.4 Å². The first-order valence-electron chi connectivity index (χ1n) is 7.58. The Morgan fingerprint density at radius 2 is 1.96 bits per heavy atom. The van der Waals surface area contributed by atoms with Crippen molar-refractivity contribution < 1.29 is 14.4 Å². The van der Waals surface area contributed by atoms with Crippen LogP contribution in [0.15, 0.2) is 24.3 Å². The van der Waals surface area contributed by atoms with Crippen LogP contribution in [0.5, 0.6) is 0 Å². The van der Waals surface area contributed by atoms with Crippen molar-refractivity contribution in [1.82, 2.24) is 15.5 Å². The summed E-state index contributed by atoms with van der Waals surface area (Å²) in [5.41, 5.74) is 2.13. The first kappa shape index (κ1) is 16.8. The molecule has 0 atom stereocenters. The minimum absolute atomic E-state index is 0.0496. The van der Waals surface area contributed by atoms with Crippen molar-refractivity contribution in [2.24, 2.45) is 0 Å². The zero-order valence-electron chi connectivity index (χ0n) is 13.5. The number of carbonyl (C=O) groups excluding carboxylic acids is 3. The second kappa shape index (κ2) is 7.62. The van der Waals surface area contributed by atoms with E-state index in [1.165, 1.54) is 0 Å². The van der Waals surface area contributed by atoms with Crippen molar-refractivity contribution in [1.29, 1.82) is 0 Å². The molecule has 7 heteroatoms. The van der Waals surface area contributed by atoms with Crippen molar-refractivity contribution in [2.45, 2.75) is 19.4 Å². The molecule has 23 heavy (non-hydrogen) atoms. The Kier molecular flexibility index (Phi) is 5.56. The Labute approximate surface area is 135 Å². The van der Waals surface area contributed by atoms with Crippen molar-refractivity contribution in [3.8, 4) is 0 Å². The lowest BCUT2D eigenvalue weighted by molar-refractivity contribution is -0.126. The predicted octanol–water partition coefficient (Wildman–Crippen LogP) is 0.701. The van der Waals surface area contributed by atoms with Gasteiger partial charge in [-0.25, -0.2) is 4.79 Å². The smallest absolute Gasteiger partial charge is 0.324 e. The van der Waals surface area contributed by atoms with E-state index < -0.39 is 0 Å². The zero-order chi connectivity index (χ0) is 16.8. The van der Waals surface area contributed by atoms with Gasteiger partial charge in [-0.05, 0) is 24.1 Å². The molecule has 0 radical (unpaired) electrons. The van der Waals surface area contributed by atoms with Crippen molar-refractivity contribution in [2.75, 3.05) is 32.1 Å². The number of benzene rings is 1. The minimum Gasteiger partial charge on any atom is -0.378 e. The van der Waals surface area contributed by atoms with E-state index in [1.54, 1.807) is 0 Å². The van der Waals surface area contributed by atoms with Gasteiger partial charge in [0.1, 0.15) is 0 Å². The van der Waals surface area contributed by atoms with Gasteiger partial charge in [-0.2, -0.15) is 0 Å². The molecule has 4 amide bonds. The SMILES string of the molecule is CN(C)c1ccc(CNC(=O)CCCN2C(=O)CNC2=O)cc1. The minimum atomic E-state index is -0.378. The third kappa shape index (κ3) is 4.70. The number of nitrogens with one attached hydrogen (secondary N) is 2. The number of urea groups is 1. The van der Waals surface area contributed by atoms with Crippen molar-refractivity contribution >= 4 is 23.5 Å². The quantitative estimate of drug-likeness (QED) is 0.725. The molecule has 1 aliphatic heterocycles. The number of nitrogens with zero attached hydrogens (tertiary/aromatic N) is 2. The summed E-state index contributed by atoms with van der Waals surface area (Å²) in [6, 6.07) is 7.57. The van der Waals surface area contributed by atoms with Crippen LogP contribution in [0, 0.1) is 0 Å². The summed E-state index contributed by atoms with van der Waals surface area (Å²) >= 11 is 0. The van der Waals surface area contributed by atoms with Crippen LogP contribution in [0.25, 0.3) is 0 Å². The highest BCUT2D eigenvalue weighted by molar-refractivity contribution is 6.01. The van der Waals surface area contributed by atoms with Gasteiger partial charge >= 0.3 is 6.03 Å². The number of amides is 4. The predicted molar refractivity (Wildman–Crippen MR) is 87.0 cm³/mol. The molecule has 0 saturated carbocycles. The molecule has 0 bridgehead atoms. The van der Waals surface area contributed by atoms with Gasteiger partial charge in [-0.3, -0.25) is 14.5 Å². The lowest BCUT2D eigenvalue weighted by Crippen LogP contribution is -2.32. The van der Waals surface area contributed by atoms with Crippen LogP contribution in [-0.4, -0.2) is 49.9 Å². The van der Waals surface area contributed by atoms with Crippen molar-refractivity contribution in [3.05, 3.63) is 29.8 Å². The van der Waals surface area contributed by atoms with Gasteiger partial charge in [0.2, 0.25) is 11.8 Å². The molecule has 1 aromatic rings. The largest absolute Gasteiger partial charge is 0.378 e. The Balaban J connectivity index is 1.69. The van der Waals surface area contributed by atoms with Crippen LogP contribution < -0.4 is 15.5 Å². The fourth-order valence-electron chi connectivity index (χ4n) is 2.28. The van der Waals surface area contributed by atoms with Gasteiger partial charge in [-0.1, -0.05) is 12.1 Å². The molecule has 1 fully saturated rings. The Morgan fingerprint density at radius 3 is 2.52 bits per heavy atom. The molecule has 1 saturated heterocycles. The third-order valence-electron chi connectivity index (χ3n) is 3.67. The summed E-state index contributed by atoms with van der Waals surface area (Å²) in [5.74, 6) is -0.329. The second-order valence-corrected chi connectivity index (χ2v) is 5.65. The topological polar surface area (TPSA) is 81.8 Å². The molecule has 0 spiro atoms. The second-order valence-electron chi connectivity index (χ2n) is 5.65. The van der Waals surface area contributed by atoms with Gasteiger partial charge in [0.05, 0.1) is 6.54 Å². The van der Waals surface area contributed by atoms with Crippen LogP contribution in [0.1, 0.15) is 18.4 Å². The highest BCUT2D eigenvalue weighted by Crippen LogP contribution is 2.12. The molecule has 0 aliphatic carbocycles. The first-order valence-corrected chi connectivity index (χ1v) is 7.58. The maximum Gasteiger partial charge on any atom is 0.324 e. The third-order valence-corrected chi connectivity index (χ3v) is 3.67. The molecule has 1 aliphatic rings.